The zero-order valence-electron chi connectivity index (χ0n) is 11.5. The van der Waals surface area contributed by atoms with Crippen LogP contribution in [-0.4, -0.2) is 40.7 Å². The highest BCUT2D eigenvalue weighted by atomic mass is 32.2. The largest absolute Gasteiger partial charge is 0.306 e. The van der Waals surface area contributed by atoms with Crippen LogP contribution >= 0.6 is 0 Å². The van der Waals surface area contributed by atoms with Gasteiger partial charge in [-0.1, -0.05) is 13.8 Å². The van der Waals surface area contributed by atoms with Gasteiger partial charge in [0.05, 0.1) is 18.1 Å². The van der Waals surface area contributed by atoms with E-state index >= 15 is 0 Å². The molecule has 1 unspecified atom stereocenters. The van der Waals surface area contributed by atoms with Gasteiger partial charge in [0.2, 0.25) is 0 Å². The van der Waals surface area contributed by atoms with Crippen LogP contribution in [-0.2, 0) is 22.9 Å². The number of hydrogen-bond acceptors (Lipinski definition) is 5. The van der Waals surface area contributed by atoms with E-state index in [0.717, 1.165) is 25.2 Å². The van der Waals surface area contributed by atoms with Crippen molar-refractivity contribution in [1.82, 2.24) is 20.1 Å². The second-order valence-corrected chi connectivity index (χ2v) is 7.82. The maximum absolute atomic E-state index is 11.6. The Morgan fingerprint density at radius 1 is 1.53 bits per heavy atom. The average Bonchev–Trinajstić information content (AvgIpc) is 2.71. The molecule has 19 heavy (non-hydrogen) atoms. The maximum atomic E-state index is 11.6. The molecule has 1 aliphatic heterocycles. The number of nitrogens with one attached hydrogen (secondary N) is 1. The molecule has 1 saturated heterocycles. The van der Waals surface area contributed by atoms with Gasteiger partial charge in [0, 0.05) is 12.6 Å². The van der Waals surface area contributed by atoms with E-state index in [1.54, 1.807) is 6.33 Å². The molecule has 1 aromatic rings. The summed E-state index contributed by atoms with van der Waals surface area (Å²) in [4.78, 5) is 4.23. The summed E-state index contributed by atoms with van der Waals surface area (Å²) in [5.74, 6) is 1.95. The first-order valence-corrected chi connectivity index (χ1v) is 8.59. The topological polar surface area (TPSA) is 76.9 Å². The molecule has 0 radical (unpaired) electrons. The molecule has 0 amide bonds. The van der Waals surface area contributed by atoms with Gasteiger partial charge in [-0.25, -0.2) is 18.1 Å². The highest BCUT2D eigenvalue weighted by Gasteiger charge is 2.24. The number of rotatable bonds is 5. The predicted octanol–water partition coefficient (Wildman–Crippen LogP) is 0.601. The fraction of sp³-hybridized carbons (Fsp3) is 0.833. The van der Waals surface area contributed by atoms with E-state index in [0.29, 0.717) is 18.2 Å². The molecule has 0 bridgehead atoms. The zero-order valence-corrected chi connectivity index (χ0v) is 12.4. The first-order valence-electron chi connectivity index (χ1n) is 6.77. The summed E-state index contributed by atoms with van der Waals surface area (Å²) in [7, 11) is -2.86. The van der Waals surface area contributed by atoms with E-state index in [-0.39, 0.29) is 11.8 Å². The van der Waals surface area contributed by atoms with Crippen LogP contribution in [0.15, 0.2) is 6.33 Å². The van der Waals surface area contributed by atoms with Gasteiger partial charge >= 0.3 is 0 Å². The summed E-state index contributed by atoms with van der Waals surface area (Å²) in [6.07, 6.45) is 3.22. The van der Waals surface area contributed by atoms with E-state index in [1.807, 2.05) is 4.68 Å². The smallest absolute Gasteiger partial charge is 0.151 e. The minimum absolute atomic E-state index is 0.0444. The van der Waals surface area contributed by atoms with Crippen molar-refractivity contribution in [2.45, 2.75) is 45.8 Å². The van der Waals surface area contributed by atoms with E-state index < -0.39 is 9.84 Å². The van der Waals surface area contributed by atoms with Crippen molar-refractivity contribution < 1.29 is 8.42 Å². The minimum atomic E-state index is -2.86. The summed E-state index contributed by atoms with van der Waals surface area (Å²) in [5.41, 5.74) is 0. The fourth-order valence-electron chi connectivity index (χ4n) is 2.34. The third-order valence-corrected chi connectivity index (χ3v) is 5.07. The van der Waals surface area contributed by atoms with Gasteiger partial charge in [0.1, 0.15) is 12.2 Å². The zero-order chi connectivity index (χ0) is 13.9. The summed E-state index contributed by atoms with van der Waals surface area (Å²) in [5, 5.41) is 7.49. The van der Waals surface area contributed by atoms with Gasteiger partial charge in [-0.15, -0.1) is 0 Å². The van der Waals surface area contributed by atoms with Crippen LogP contribution in [0.2, 0.25) is 0 Å². The molecular formula is C12H22N4O2S. The quantitative estimate of drug-likeness (QED) is 0.858. The second kappa shape index (κ2) is 6.00. The Hall–Kier alpha value is -0.950. The molecule has 1 atom stereocenters. The van der Waals surface area contributed by atoms with Crippen molar-refractivity contribution in [3.05, 3.63) is 12.2 Å². The Labute approximate surface area is 114 Å². The monoisotopic (exact) mass is 286 g/mol. The summed E-state index contributed by atoms with van der Waals surface area (Å²) < 4.78 is 25.0. The number of nitrogens with zero attached hydrogens (tertiary/aromatic N) is 3. The fourth-order valence-corrected chi connectivity index (χ4v) is 4.01. The number of hydrogen-bond donors (Lipinski definition) is 1. The SMILES string of the molecule is CC(C)Cn1ncnc1CNC1CCCS(=O)(=O)C1. The van der Waals surface area contributed by atoms with Crippen LogP contribution in [0.5, 0.6) is 0 Å². The van der Waals surface area contributed by atoms with Gasteiger partial charge < -0.3 is 5.32 Å². The van der Waals surface area contributed by atoms with Crippen LogP contribution in [0.25, 0.3) is 0 Å². The van der Waals surface area contributed by atoms with E-state index in [9.17, 15) is 8.42 Å². The molecular weight excluding hydrogens is 264 g/mol. The lowest BCUT2D eigenvalue weighted by atomic mass is 10.2. The average molecular weight is 286 g/mol. The molecule has 1 fully saturated rings. The highest BCUT2D eigenvalue weighted by Crippen LogP contribution is 2.12. The lowest BCUT2D eigenvalue weighted by Crippen LogP contribution is -2.40. The molecule has 0 saturated carbocycles. The first kappa shape index (κ1) is 14.5. The van der Waals surface area contributed by atoms with Crippen LogP contribution < -0.4 is 5.32 Å². The molecule has 0 aromatic carbocycles. The Morgan fingerprint density at radius 2 is 2.32 bits per heavy atom. The van der Waals surface area contributed by atoms with Crippen LogP contribution in [0, 0.1) is 5.92 Å². The molecule has 2 heterocycles. The number of sulfone groups is 1. The van der Waals surface area contributed by atoms with Crippen molar-refractivity contribution in [3.8, 4) is 0 Å². The Balaban J connectivity index is 1.90. The third kappa shape index (κ3) is 4.28. The molecule has 0 aliphatic carbocycles. The predicted molar refractivity (Wildman–Crippen MR) is 73.4 cm³/mol. The Morgan fingerprint density at radius 3 is 3.00 bits per heavy atom. The molecule has 1 aliphatic rings. The van der Waals surface area contributed by atoms with Gasteiger partial charge in [0.15, 0.2) is 9.84 Å². The van der Waals surface area contributed by atoms with Crippen LogP contribution in [0.4, 0.5) is 0 Å². The van der Waals surface area contributed by atoms with Crippen LogP contribution in [0.3, 0.4) is 0 Å². The van der Waals surface area contributed by atoms with E-state index in [1.165, 1.54) is 0 Å². The lowest BCUT2D eigenvalue weighted by Gasteiger charge is -2.23. The lowest BCUT2D eigenvalue weighted by molar-refractivity contribution is 0.434. The molecule has 1 aromatic heterocycles. The highest BCUT2D eigenvalue weighted by molar-refractivity contribution is 7.91. The van der Waals surface area contributed by atoms with Crippen molar-refractivity contribution >= 4 is 9.84 Å². The van der Waals surface area contributed by atoms with Crippen LogP contribution in [0.1, 0.15) is 32.5 Å². The molecule has 1 N–H and O–H groups in total. The van der Waals surface area contributed by atoms with Crippen molar-refractivity contribution in [1.29, 1.82) is 0 Å². The minimum Gasteiger partial charge on any atom is -0.306 e. The Bertz CT molecular complexity index is 510. The molecule has 0 spiro atoms. The normalized spacial score (nSPS) is 22.8. The van der Waals surface area contributed by atoms with Crippen molar-refractivity contribution in [3.63, 3.8) is 0 Å². The first-order chi connectivity index (χ1) is 8.96. The Kier molecular flexibility index (Phi) is 4.57. The van der Waals surface area contributed by atoms with Gasteiger partial charge in [-0.3, -0.25) is 0 Å². The molecule has 2 rings (SSSR count). The van der Waals surface area contributed by atoms with E-state index in [4.69, 9.17) is 0 Å². The molecule has 108 valence electrons. The standard InChI is InChI=1S/C12H22N4O2S/c1-10(2)7-16-12(14-9-15-16)6-13-11-4-3-5-19(17,18)8-11/h9-11,13H,3-8H2,1-2H3. The van der Waals surface area contributed by atoms with Gasteiger partial charge in [-0.05, 0) is 18.8 Å². The summed E-state index contributed by atoms with van der Waals surface area (Å²) in [6, 6.07) is 0.0444. The number of aromatic nitrogens is 3. The second-order valence-electron chi connectivity index (χ2n) is 5.59. The third-order valence-electron chi connectivity index (χ3n) is 3.25. The van der Waals surface area contributed by atoms with Crippen molar-refractivity contribution in [2.24, 2.45) is 5.92 Å². The summed E-state index contributed by atoms with van der Waals surface area (Å²) in [6.45, 7) is 5.67. The van der Waals surface area contributed by atoms with Gasteiger partial charge in [-0.2, -0.15) is 5.10 Å². The van der Waals surface area contributed by atoms with Crippen molar-refractivity contribution in [2.75, 3.05) is 11.5 Å². The van der Waals surface area contributed by atoms with Gasteiger partial charge in [0.25, 0.3) is 0 Å². The molecule has 6 nitrogen and oxygen atoms in total. The van der Waals surface area contributed by atoms with E-state index in [2.05, 4.69) is 29.2 Å². The molecule has 7 heteroatoms. The summed E-state index contributed by atoms with van der Waals surface area (Å²) >= 11 is 0. The maximum Gasteiger partial charge on any atom is 0.151 e.